The van der Waals surface area contributed by atoms with Gasteiger partial charge in [-0.3, -0.25) is 9.69 Å². The SMILES string of the molecule is Cc1ccc(CN2CCC(N3CC(COc4ccc(F)cc4)OCC3=O)CC2)cc1. The summed E-state index contributed by atoms with van der Waals surface area (Å²) in [7, 11) is 0. The number of morpholine rings is 1. The summed E-state index contributed by atoms with van der Waals surface area (Å²) in [5.74, 6) is 0.375. The smallest absolute Gasteiger partial charge is 0.248 e. The summed E-state index contributed by atoms with van der Waals surface area (Å²) in [6.45, 7) is 6.02. The van der Waals surface area contributed by atoms with E-state index < -0.39 is 0 Å². The Balaban J connectivity index is 1.26. The van der Waals surface area contributed by atoms with E-state index in [0.29, 0.717) is 18.9 Å². The Kier molecular flexibility index (Phi) is 6.65. The molecule has 2 aliphatic heterocycles. The van der Waals surface area contributed by atoms with Crippen LogP contribution in [0.3, 0.4) is 0 Å². The standard InChI is InChI=1S/C24H29FN2O3/c1-18-2-4-19(5-3-18)14-26-12-10-21(11-13-26)27-15-23(30-17-24(27)28)16-29-22-8-6-20(25)7-9-22/h2-9,21,23H,10-17H2,1H3. The first-order valence-electron chi connectivity index (χ1n) is 10.6. The van der Waals surface area contributed by atoms with Crippen LogP contribution in [0.1, 0.15) is 24.0 Å². The highest BCUT2D eigenvalue weighted by Crippen LogP contribution is 2.22. The molecule has 1 amide bonds. The second-order valence-electron chi connectivity index (χ2n) is 8.24. The fourth-order valence-electron chi connectivity index (χ4n) is 4.16. The van der Waals surface area contributed by atoms with Gasteiger partial charge in [0.05, 0.1) is 6.54 Å². The molecule has 0 aliphatic carbocycles. The highest BCUT2D eigenvalue weighted by Gasteiger charge is 2.33. The number of carbonyl (C=O) groups is 1. The Labute approximate surface area is 177 Å². The summed E-state index contributed by atoms with van der Waals surface area (Å²) < 4.78 is 24.4. The number of likely N-dealkylation sites (tertiary alicyclic amines) is 1. The predicted octanol–water partition coefficient (Wildman–Crippen LogP) is 3.40. The summed E-state index contributed by atoms with van der Waals surface area (Å²) in [6, 6.07) is 14.9. The average molecular weight is 413 g/mol. The summed E-state index contributed by atoms with van der Waals surface area (Å²) in [5, 5.41) is 0. The number of carbonyl (C=O) groups excluding carboxylic acids is 1. The Morgan fingerprint density at radius 3 is 2.47 bits per heavy atom. The molecule has 0 spiro atoms. The molecule has 0 bridgehead atoms. The maximum absolute atomic E-state index is 13.0. The van der Waals surface area contributed by atoms with Crippen LogP contribution in [0.4, 0.5) is 4.39 Å². The number of nitrogens with zero attached hydrogens (tertiary/aromatic N) is 2. The topological polar surface area (TPSA) is 42.0 Å². The van der Waals surface area contributed by atoms with Crippen molar-refractivity contribution in [2.75, 3.05) is 32.8 Å². The fourth-order valence-corrected chi connectivity index (χ4v) is 4.16. The van der Waals surface area contributed by atoms with E-state index in [1.807, 2.05) is 4.90 Å². The third kappa shape index (κ3) is 5.37. The van der Waals surface area contributed by atoms with Gasteiger partial charge in [-0.05, 0) is 49.6 Å². The van der Waals surface area contributed by atoms with E-state index in [0.717, 1.165) is 32.5 Å². The third-order valence-corrected chi connectivity index (χ3v) is 5.94. The van der Waals surface area contributed by atoms with Crippen molar-refractivity contribution in [2.45, 2.75) is 38.5 Å². The lowest BCUT2D eigenvalue weighted by Crippen LogP contribution is -2.55. The molecule has 0 saturated carbocycles. The van der Waals surface area contributed by atoms with Crippen molar-refractivity contribution in [3.8, 4) is 5.75 Å². The number of aryl methyl sites for hydroxylation is 1. The summed E-state index contributed by atoms with van der Waals surface area (Å²) >= 11 is 0. The highest BCUT2D eigenvalue weighted by atomic mass is 19.1. The molecular weight excluding hydrogens is 383 g/mol. The zero-order chi connectivity index (χ0) is 20.9. The molecule has 1 unspecified atom stereocenters. The van der Waals surface area contributed by atoms with Crippen molar-refractivity contribution >= 4 is 5.91 Å². The summed E-state index contributed by atoms with van der Waals surface area (Å²) in [4.78, 5) is 16.9. The highest BCUT2D eigenvalue weighted by molar-refractivity contribution is 5.78. The second kappa shape index (κ2) is 9.58. The van der Waals surface area contributed by atoms with Crippen molar-refractivity contribution in [2.24, 2.45) is 0 Å². The van der Waals surface area contributed by atoms with Crippen LogP contribution in [0, 0.1) is 12.7 Å². The first-order chi connectivity index (χ1) is 14.6. The van der Waals surface area contributed by atoms with Gasteiger partial charge < -0.3 is 14.4 Å². The third-order valence-electron chi connectivity index (χ3n) is 5.94. The van der Waals surface area contributed by atoms with Crippen molar-refractivity contribution in [1.29, 1.82) is 0 Å². The molecule has 6 heteroatoms. The van der Waals surface area contributed by atoms with Gasteiger partial charge in [-0.1, -0.05) is 29.8 Å². The van der Waals surface area contributed by atoms with Gasteiger partial charge in [0.2, 0.25) is 5.91 Å². The molecule has 0 N–H and O–H groups in total. The monoisotopic (exact) mass is 412 g/mol. The van der Waals surface area contributed by atoms with Crippen LogP contribution < -0.4 is 4.74 Å². The first kappa shape index (κ1) is 20.8. The number of rotatable bonds is 6. The lowest BCUT2D eigenvalue weighted by Gasteiger charge is -2.42. The van der Waals surface area contributed by atoms with Gasteiger partial charge in [-0.2, -0.15) is 0 Å². The zero-order valence-corrected chi connectivity index (χ0v) is 17.4. The fraction of sp³-hybridized carbons (Fsp3) is 0.458. The Morgan fingerprint density at radius 1 is 1.07 bits per heavy atom. The first-order valence-corrected chi connectivity index (χ1v) is 10.6. The minimum Gasteiger partial charge on any atom is -0.491 e. The van der Waals surface area contributed by atoms with Gasteiger partial charge in [-0.25, -0.2) is 4.39 Å². The number of hydrogen-bond acceptors (Lipinski definition) is 4. The van der Waals surface area contributed by atoms with Crippen LogP contribution >= 0.6 is 0 Å². The molecule has 4 rings (SSSR count). The van der Waals surface area contributed by atoms with Gasteiger partial charge in [0.25, 0.3) is 0 Å². The average Bonchev–Trinajstić information content (AvgIpc) is 2.76. The molecule has 1 atom stereocenters. The lowest BCUT2D eigenvalue weighted by molar-refractivity contribution is -0.155. The number of ether oxygens (including phenoxy) is 2. The molecule has 30 heavy (non-hydrogen) atoms. The molecule has 160 valence electrons. The molecule has 2 aromatic carbocycles. The van der Waals surface area contributed by atoms with E-state index in [2.05, 4.69) is 36.1 Å². The van der Waals surface area contributed by atoms with E-state index >= 15 is 0 Å². The van der Waals surface area contributed by atoms with Gasteiger partial charge in [0, 0.05) is 25.7 Å². The molecule has 2 aromatic rings. The Bertz CT molecular complexity index is 833. The van der Waals surface area contributed by atoms with E-state index in [4.69, 9.17) is 9.47 Å². The van der Waals surface area contributed by atoms with Crippen LogP contribution in [-0.2, 0) is 16.1 Å². The number of hydrogen-bond donors (Lipinski definition) is 0. The van der Waals surface area contributed by atoms with Crippen molar-refractivity contribution in [3.05, 3.63) is 65.5 Å². The number of piperidine rings is 1. The van der Waals surface area contributed by atoms with Crippen LogP contribution in [-0.4, -0.2) is 60.7 Å². The Morgan fingerprint density at radius 2 is 1.77 bits per heavy atom. The van der Waals surface area contributed by atoms with Crippen LogP contribution in [0.2, 0.25) is 0 Å². The van der Waals surface area contributed by atoms with E-state index in [1.165, 1.54) is 23.3 Å². The molecule has 0 radical (unpaired) electrons. The van der Waals surface area contributed by atoms with Gasteiger partial charge in [-0.15, -0.1) is 0 Å². The zero-order valence-electron chi connectivity index (χ0n) is 17.4. The number of benzene rings is 2. The van der Waals surface area contributed by atoms with E-state index in [1.54, 1.807) is 12.1 Å². The number of amides is 1. The molecule has 2 heterocycles. The van der Waals surface area contributed by atoms with E-state index in [9.17, 15) is 9.18 Å². The van der Waals surface area contributed by atoms with Crippen LogP contribution in [0.15, 0.2) is 48.5 Å². The molecule has 2 fully saturated rings. The quantitative estimate of drug-likeness (QED) is 0.729. The van der Waals surface area contributed by atoms with Crippen LogP contribution in [0.25, 0.3) is 0 Å². The number of halogens is 1. The molecular formula is C24H29FN2O3. The molecule has 0 aromatic heterocycles. The predicted molar refractivity (Wildman–Crippen MR) is 113 cm³/mol. The molecule has 2 saturated heterocycles. The Hall–Kier alpha value is -2.44. The summed E-state index contributed by atoms with van der Waals surface area (Å²) in [6.07, 6.45) is 1.78. The summed E-state index contributed by atoms with van der Waals surface area (Å²) in [5.41, 5.74) is 2.61. The van der Waals surface area contributed by atoms with Gasteiger partial charge >= 0.3 is 0 Å². The van der Waals surface area contributed by atoms with Crippen LogP contribution in [0.5, 0.6) is 5.75 Å². The molecule has 2 aliphatic rings. The minimum absolute atomic E-state index is 0.0602. The molecule has 5 nitrogen and oxygen atoms in total. The van der Waals surface area contributed by atoms with Crippen molar-refractivity contribution in [1.82, 2.24) is 9.80 Å². The van der Waals surface area contributed by atoms with Gasteiger partial charge in [0.15, 0.2) is 0 Å². The van der Waals surface area contributed by atoms with Crippen molar-refractivity contribution in [3.63, 3.8) is 0 Å². The maximum Gasteiger partial charge on any atom is 0.248 e. The minimum atomic E-state index is -0.290. The largest absolute Gasteiger partial charge is 0.491 e. The van der Waals surface area contributed by atoms with Crippen molar-refractivity contribution < 1.29 is 18.7 Å². The maximum atomic E-state index is 13.0. The lowest BCUT2D eigenvalue weighted by atomic mass is 10.0. The normalized spacial score (nSPS) is 21.1. The van der Waals surface area contributed by atoms with E-state index in [-0.39, 0.29) is 30.5 Å². The second-order valence-corrected chi connectivity index (χ2v) is 8.24. The van der Waals surface area contributed by atoms with Gasteiger partial charge in [0.1, 0.15) is 30.9 Å².